The minimum absolute atomic E-state index is 0.0313. The first kappa shape index (κ1) is 25.2. The van der Waals surface area contributed by atoms with Crippen LogP contribution in [0.15, 0.2) is 102 Å². The molecule has 1 aliphatic rings. The second kappa shape index (κ2) is 10.9. The number of amides is 1. The van der Waals surface area contributed by atoms with E-state index >= 15 is 0 Å². The fourth-order valence-corrected chi connectivity index (χ4v) is 5.60. The number of hydrogen-bond acceptors (Lipinski definition) is 6. The highest BCUT2D eigenvalue weighted by Gasteiger charge is 2.29. The van der Waals surface area contributed by atoms with Gasteiger partial charge in [-0.2, -0.15) is 0 Å². The topological polar surface area (TPSA) is 94.2 Å². The first-order valence-electron chi connectivity index (χ1n) is 12.0. The Morgan fingerprint density at radius 2 is 1.55 bits per heavy atom. The van der Waals surface area contributed by atoms with Crippen LogP contribution < -0.4 is 23.8 Å². The molecule has 0 fully saturated rings. The third-order valence-electron chi connectivity index (χ3n) is 6.03. The van der Waals surface area contributed by atoms with E-state index in [-0.39, 0.29) is 22.7 Å². The second-order valence-corrected chi connectivity index (χ2v) is 10.4. The summed E-state index contributed by atoms with van der Waals surface area (Å²) in [5, 5.41) is 2.86. The van der Waals surface area contributed by atoms with Crippen molar-refractivity contribution in [2.75, 3.05) is 29.9 Å². The summed E-state index contributed by atoms with van der Waals surface area (Å²) in [6.45, 7) is 0.917. The molecule has 194 valence electrons. The van der Waals surface area contributed by atoms with Gasteiger partial charge in [-0.25, -0.2) is 8.42 Å². The summed E-state index contributed by atoms with van der Waals surface area (Å²) in [6.07, 6.45) is 0. The Hall–Kier alpha value is -4.50. The van der Waals surface area contributed by atoms with Gasteiger partial charge in [0.25, 0.3) is 15.9 Å². The number of sulfonamides is 1. The van der Waals surface area contributed by atoms with Crippen molar-refractivity contribution in [3.05, 3.63) is 108 Å². The van der Waals surface area contributed by atoms with E-state index < -0.39 is 15.9 Å². The molecule has 4 aromatic carbocycles. The molecular formula is C29H26N2O6S. The molecule has 38 heavy (non-hydrogen) atoms. The monoisotopic (exact) mass is 530 g/mol. The van der Waals surface area contributed by atoms with Gasteiger partial charge < -0.3 is 19.5 Å². The Kier molecular flexibility index (Phi) is 7.19. The van der Waals surface area contributed by atoms with Gasteiger partial charge in [0.2, 0.25) is 0 Å². The van der Waals surface area contributed by atoms with E-state index in [1.54, 1.807) is 54.6 Å². The Balaban J connectivity index is 1.53. The molecule has 0 unspecified atom stereocenters. The van der Waals surface area contributed by atoms with E-state index in [4.69, 9.17) is 14.2 Å². The molecule has 0 saturated carbocycles. The molecule has 8 nitrogen and oxygen atoms in total. The van der Waals surface area contributed by atoms with Crippen LogP contribution in [0.25, 0.3) is 0 Å². The van der Waals surface area contributed by atoms with E-state index in [2.05, 4.69) is 5.32 Å². The zero-order valence-corrected chi connectivity index (χ0v) is 21.5. The van der Waals surface area contributed by atoms with Gasteiger partial charge in [-0.05, 0) is 54.1 Å². The highest BCUT2D eigenvalue weighted by molar-refractivity contribution is 7.92. The number of ether oxygens (including phenoxy) is 3. The SMILES string of the molecule is COc1ccc(S(=O)(=O)N(Cc2ccccc2)c2ccccc2C(=O)Nc2ccc3c(c2)OCCO3)cc1. The number of anilines is 2. The average molecular weight is 531 g/mol. The molecular weight excluding hydrogens is 504 g/mol. The fraction of sp³-hybridized carbons (Fsp3) is 0.138. The number of carbonyl (C=O) groups is 1. The van der Waals surface area contributed by atoms with Crippen LogP contribution in [0, 0.1) is 0 Å². The maximum Gasteiger partial charge on any atom is 0.264 e. The van der Waals surface area contributed by atoms with Crippen LogP contribution in [0.2, 0.25) is 0 Å². The minimum atomic E-state index is -4.06. The fourth-order valence-electron chi connectivity index (χ4n) is 4.13. The number of nitrogens with one attached hydrogen (secondary N) is 1. The number of rotatable bonds is 8. The summed E-state index contributed by atoms with van der Waals surface area (Å²) in [4.78, 5) is 13.6. The van der Waals surface area contributed by atoms with Gasteiger partial charge in [-0.1, -0.05) is 42.5 Å². The van der Waals surface area contributed by atoms with Crippen molar-refractivity contribution in [2.24, 2.45) is 0 Å². The average Bonchev–Trinajstić information content (AvgIpc) is 2.96. The van der Waals surface area contributed by atoms with Crippen LogP contribution in [-0.4, -0.2) is 34.6 Å². The zero-order valence-electron chi connectivity index (χ0n) is 20.7. The Morgan fingerprint density at radius 1 is 0.868 bits per heavy atom. The van der Waals surface area contributed by atoms with Gasteiger partial charge >= 0.3 is 0 Å². The van der Waals surface area contributed by atoms with Crippen LogP contribution in [0.4, 0.5) is 11.4 Å². The minimum Gasteiger partial charge on any atom is -0.497 e. The number of fused-ring (bicyclic) bond motifs is 1. The van der Waals surface area contributed by atoms with Crippen molar-refractivity contribution in [1.29, 1.82) is 0 Å². The summed E-state index contributed by atoms with van der Waals surface area (Å²) in [5.74, 6) is 1.22. The number of hydrogen-bond donors (Lipinski definition) is 1. The van der Waals surface area contributed by atoms with Crippen LogP contribution in [0.3, 0.4) is 0 Å². The summed E-state index contributed by atoms with van der Waals surface area (Å²) >= 11 is 0. The van der Waals surface area contributed by atoms with Crippen LogP contribution in [0.5, 0.6) is 17.2 Å². The van der Waals surface area contributed by atoms with Crippen LogP contribution in [-0.2, 0) is 16.6 Å². The van der Waals surface area contributed by atoms with Gasteiger partial charge in [0.15, 0.2) is 11.5 Å². The van der Waals surface area contributed by atoms with Crippen LogP contribution in [0.1, 0.15) is 15.9 Å². The van der Waals surface area contributed by atoms with Crippen molar-refractivity contribution in [3.8, 4) is 17.2 Å². The molecule has 1 heterocycles. The van der Waals surface area contributed by atoms with E-state index in [0.29, 0.717) is 36.1 Å². The number of nitrogens with zero attached hydrogens (tertiary/aromatic N) is 1. The first-order valence-corrected chi connectivity index (χ1v) is 13.4. The van der Waals surface area contributed by atoms with Crippen molar-refractivity contribution in [2.45, 2.75) is 11.4 Å². The summed E-state index contributed by atoms with van der Waals surface area (Å²) in [5.41, 5.74) is 1.73. The molecule has 1 aliphatic heterocycles. The van der Waals surface area contributed by atoms with Gasteiger partial charge in [-0.3, -0.25) is 9.10 Å². The normalized spacial score (nSPS) is 12.4. The number of benzene rings is 4. The van der Waals surface area contributed by atoms with Gasteiger partial charge in [0, 0.05) is 11.8 Å². The molecule has 0 aliphatic carbocycles. The first-order chi connectivity index (χ1) is 18.5. The van der Waals surface area contributed by atoms with Crippen molar-refractivity contribution in [3.63, 3.8) is 0 Å². The van der Waals surface area contributed by atoms with Crippen LogP contribution >= 0.6 is 0 Å². The smallest absolute Gasteiger partial charge is 0.264 e. The molecule has 0 bridgehead atoms. The quantitative estimate of drug-likeness (QED) is 0.340. The third-order valence-corrected chi connectivity index (χ3v) is 7.81. The highest BCUT2D eigenvalue weighted by atomic mass is 32.2. The van der Waals surface area contributed by atoms with E-state index in [1.165, 1.54) is 23.5 Å². The Bertz CT molecular complexity index is 1540. The van der Waals surface area contributed by atoms with Crippen molar-refractivity contribution in [1.82, 2.24) is 0 Å². The maximum absolute atomic E-state index is 14.0. The third kappa shape index (κ3) is 5.28. The molecule has 4 aromatic rings. The lowest BCUT2D eigenvalue weighted by Gasteiger charge is -2.27. The number of para-hydroxylation sites is 1. The lowest BCUT2D eigenvalue weighted by atomic mass is 10.1. The molecule has 9 heteroatoms. The molecule has 5 rings (SSSR count). The van der Waals surface area contributed by atoms with Crippen molar-refractivity contribution >= 4 is 27.3 Å². The molecule has 1 amide bonds. The zero-order chi connectivity index (χ0) is 26.5. The van der Waals surface area contributed by atoms with Crippen molar-refractivity contribution < 1.29 is 27.4 Å². The van der Waals surface area contributed by atoms with E-state index in [9.17, 15) is 13.2 Å². The van der Waals surface area contributed by atoms with Gasteiger partial charge in [0.1, 0.15) is 19.0 Å². The van der Waals surface area contributed by atoms with E-state index in [0.717, 1.165) is 5.56 Å². The van der Waals surface area contributed by atoms with E-state index in [1.807, 2.05) is 30.3 Å². The number of carbonyl (C=O) groups excluding carboxylic acids is 1. The molecule has 0 saturated heterocycles. The van der Waals surface area contributed by atoms with Gasteiger partial charge in [0.05, 0.1) is 29.8 Å². The summed E-state index contributed by atoms with van der Waals surface area (Å²) in [6, 6.07) is 27.1. The Morgan fingerprint density at radius 3 is 2.29 bits per heavy atom. The Labute approximate surface area is 221 Å². The lowest BCUT2D eigenvalue weighted by molar-refractivity contribution is 0.102. The second-order valence-electron chi connectivity index (χ2n) is 8.50. The standard InChI is InChI=1S/C29H26N2O6S/c1-35-23-12-14-24(15-13-23)38(33,34)31(20-21-7-3-2-4-8-21)26-10-6-5-9-25(26)29(32)30-22-11-16-27-28(19-22)37-18-17-36-27/h2-16,19H,17-18,20H2,1H3,(H,30,32). The largest absolute Gasteiger partial charge is 0.497 e. The maximum atomic E-state index is 14.0. The number of methoxy groups -OCH3 is 1. The molecule has 1 N–H and O–H groups in total. The molecule has 0 aromatic heterocycles. The lowest BCUT2D eigenvalue weighted by Crippen LogP contribution is -2.32. The van der Waals surface area contributed by atoms with Gasteiger partial charge in [-0.15, -0.1) is 0 Å². The summed E-state index contributed by atoms with van der Waals surface area (Å²) < 4.78 is 45.5. The highest BCUT2D eigenvalue weighted by Crippen LogP contribution is 2.34. The predicted octanol–water partition coefficient (Wildman–Crippen LogP) is 5.11. The molecule has 0 spiro atoms. The molecule has 0 atom stereocenters. The molecule has 0 radical (unpaired) electrons. The predicted molar refractivity (Wildman–Crippen MR) is 145 cm³/mol. The summed E-state index contributed by atoms with van der Waals surface area (Å²) in [7, 11) is -2.54.